The molecule has 1 aliphatic carbocycles. The Balaban J connectivity index is 1.64. The van der Waals surface area contributed by atoms with E-state index in [9.17, 15) is 26.8 Å². The highest BCUT2D eigenvalue weighted by molar-refractivity contribution is 7.92. The van der Waals surface area contributed by atoms with Gasteiger partial charge in [-0.3, -0.25) is 14.4 Å². The molecule has 2 aliphatic rings. The van der Waals surface area contributed by atoms with E-state index in [1.807, 2.05) is 13.0 Å². The molecule has 8 nitrogen and oxygen atoms in total. The van der Waals surface area contributed by atoms with Crippen LogP contribution in [0, 0.1) is 0 Å². The Morgan fingerprint density at radius 3 is 2.22 bits per heavy atom. The molecule has 194 valence electrons. The second-order valence-electron chi connectivity index (χ2n) is 9.44. The summed E-state index contributed by atoms with van der Waals surface area (Å²) in [5.74, 6) is -2.89. The van der Waals surface area contributed by atoms with Crippen molar-refractivity contribution < 1.29 is 31.5 Å². The molecule has 0 bridgehead atoms. The van der Waals surface area contributed by atoms with Crippen LogP contribution in [0.3, 0.4) is 0 Å². The van der Waals surface area contributed by atoms with Gasteiger partial charge in [0.05, 0.1) is 23.7 Å². The Morgan fingerprint density at radius 2 is 1.64 bits per heavy atom. The molecule has 2 aromatic rings. The topological polar surface area (TPSA) is 96.0 Å². The van der Waals surface area contributed by atoms with Gasteiger partial charge in [-0.15, -0.1) is 0 Å². The molecule has 1 N–H and O–H groups in total. The first-order valence-electron chi connectivity index (χ1n) is 11.7. The van der Waals surface area contributed by atoms with Gasteiger partial charge in [0.2, 0.25) is 21.9 Å². The van der Waals surface area contributed by atoms with Crippen molar-refractivity contribution >= 4 is 39.1 Å². The summed E-state index contributed by atoms with van der Waals surface area (Å²) in [6, 6.07) is 11.8. The van der Waals surface area contributed by atoms with Gasteiger partial charge in [0.15, 0.2) is 0 Å². The molecule has 1 fully saturated rings. The number of amides is 2. The minimum Gasteiger partial charge on any atom is -0.446 e. The van der Waals surface area contributed by atoms with Crippen LogP contribution in [-0.4, -0.2) is 51.3 Å². The average molecular weight is 522 g/mol. The number of fused-ring (bicyclic) bond motifs is 1. The number of benzene rings is 2. The zero-order valence-corrected chi connectivity index (χ0v) is 21.1. The van der Waals surface area contributed by atoms with Crippen LogP contribution < -0.4 is 14.5 Å². The molecule has 1 heterocycles. The van der Waals surface area contributed by atoms with Crippen molar-refractivity contribution in [1.82, 2.24) is 0 Å². The van der Waals surface area contributed by atoms with Gasteiger partial charge in [0, 0.05) is 32.0 Å². The molecule has 2 aromatic carbocycles. The van der Waals surface area contributed by atoms with Crippen LogP contribution in [0.15, 0.2) is 42.5 Å². The zero-order chi connectivity index (χ0) is 26.3. The third-order valence-corrected chi connectivity index (χ3v) is 7.03. The largest absolute Gasteiger partial charge is 0.446 e. The van der Waals surface area contributed by atoms with Gasteiger partial charge in [-0.25, -0.2) is 22.0 Å². The number of carbonyl (C=O) groups is 2. The molecule has 1 aliphatic heterocycles. The highest BCUT2D eigenvalue weighted by atomic mass is 32.2. The molecular weight excluding hydrogens is 492 g/mol. The molecule has 0 spiro atoms. The smallest absolute Gasteiger partial charge is 0.414 e. The number of carbonyl (C=O) groups excluding carboxylic acids is 2. The minimum atomic E-state index is -3.41. The van der Waals surface area contributed by atoms with Gasteiger partial charge < -0.3 is 9.64 Å². The lowest BCUT2D eigenvalue weighted by Gasteiger charge is -2.41. The summed E-state index contributed by atoms with van der Waals surface area (Å²) in [5, 5.41) is 0. The Hall–Kier alpha value is -3.21. The third kappa shape index (κ3) is 5.77. The molecule has 11 heteroatoms. The fourth-order valence-electron chi connectivity index (χ4n) is 4.74. The molecule has 1 saturated carbocycles. The summed E-state index contributed by atoms with van der Waals surface area (Å²) in [7, 11) is -3.41. The number of halogens is 2. The van der Waals surface area contributed by atoms with Gasteiger partial charge in [0.25, 0.3) is 0 Å². The van der Waals surface area contributed by atoms with Crippen LogP contribution in [0.5, 0.6) is 0 Å². The number of nitrogens with zero attached hydrogens (tertiary/aromatic N) is 2. The van der Waals surface area contributed by atoms with Crippen molar-refractivity contribution in [2.75, 3.05) is 27.3 Å². The number of rotatable bonds is 4. The summed E-state index contributed by atoms with van der Waals surface area (Å²) in [5.41, 5.74) is 2.96. The van der Waals surface area contributed by atoms with Crippen molar-refractivity contribution in [3.05, 3.63) is 42.5 Å². The van der Waals surface area contributed by atoms with E-state index >= 15 is 0 Å². The predicted octanol–water partition coefficient (Wildman–Crippen LogP) is 5.00. The number of alkyl halides is 2. The molecule has 0 saturated heterocycles. The Morgan fingerprint density at radius 1 is 1.03 bits per heavy atom. The molecule has 0 aromatic heterocycles. The van der Waals surface area contributed by atoms with Crippen molar-refractivity contribution in [3.8, 4) is 11.1 Å². The number of ether oxygens (including phenoxy) is 1. The van der Waals surface area contributed by atoms with Crippen molar-refractivity contribution in [1.29, 1.82) is 0 Å². The number of hydrogen-bond donors (Lipinski definition) is 1. The minimum absolute atomic E-state index is 0.0997. The van der Waals surface area contributed by atoms with E-state index in [4.69, 9.17) is 4.74 Å². The van der Waals surface area contributed by atoms with Gasteiger partial charge in [-0.05, 0) is 55.2 Å². The Kier molecular flexibility index (Phi) is 6.96. The highest BCUT2D eigenvalue weighted by Crippen LogP contribution is 2.40. The zero-order valence-electron chi connectivity index (χ0n) is 20.3. The second kappa shape index (κ2) is 9.68. The lowest BCUT2D eigenvalue weighted by molar-refractivity contribution is -0.117. The van der Waals surface area contributed by atoms with Gasteiger partial charge in [0.1, 0.15) is 6.10 Å². The van der Waals surface area contributed by atoms with Gasteiger partial charge in [-0.1, -0.05) is 18.2 Å². The fraction of sp³-hybridized carbons (Fsp3) is 0.440. The first-order valence-corrected chi connectivity index (χ1v) is 13.6. The molecule has 0 unspecified atom stereocenters. The van der Waals surface area contributed by atoms with Crippen LogP contribution in [0.1, 0.15) is 39.5 Å². The van der Waals surface area contributed by atoms with E-state index < -0.39 is 28.1 Å². The first-order chi connectivity index (χ1) is 16.8. The molecule has 2 amide bonds. The second-order valence-corrected chi connectivity index (χ2v) is 11.2. The molecular formula is C25H29F2N3O5S. The summed E-state index contributed by atoms with van der Waals surface area (Å²) < 4.78 is 58.0. The fourth-order valence-corrected chi connectivity index (χ4v) is 5.30. The average Bonchev–Trinajstić information content (AvgIpc) is 2.78. The lowest BCUT2D eigenvalue weighted by atomic mass is 9.94. The van der Waals surface area contributed by atoms with E-state index in [1.54, 1.807) is 41.3 Å². The SMILES string of the molecule is CC(=O)N1c2ccc(-c3ccc(NS(C)(=O)=O)cc3)cc2N(C(=O)OC2CCC(F)(F)CC2)C[C@@H]1C. The summed E-state index contributed by atoms with van der Waals surface area (Å²) in [6.07, 6.45) is -0.579. The third-order valence-electron chi connectivity index (χ3n) is 6.43. The Bertz CT molecular complexity index is 1260. The van der Waals surface area contributed by atoms with Crippen LogP contribution in [-0.2, 0) is 19.6 Å². The van der Waals surface area contributed by atoms with Crippen LogP contribution in [0.2, 0.25) is 0 Å². The number of anilines is 3. The maximum absolute atomic E-state index is 13.5. The molecule has 0 radical (unpaired) electrons. The van der Waals surface area contributed by atoms with E-state index in [-0.39, 0.29) is 44.2 Å². The summed E-state index contributed by atoms with van der Waals surface area (Å²) >= 11 is 0. The van der Waals surface area contributed by atoms with E-state index in [0.29, 0.717) is 17.1 Å². The van der Waals surface area contributed by atoms with E-state index in [1.165, 1.54) is 11.8 Å². The quantitative estimate of drug-likeness (QED) is 0.611. The van der Waals surface area contributed by atoms with Crippen molar-refractivity contribution in [2.45, 2.75) is 57.6 Å². The van der Waals surface area contributed by atoms with E-state index in [2.05, 4.69) is 4.72 Å². The van der Waals surface area contributed by atoms with Crippen LogP contribution in [0.25, 0.3) is 11.1 Å². The van der Waals surface area contributed by atoms with Gasteiger partial charge >= 0.3 is 6.09 Å². The number of sulfonamides is 1. The molecule has 1 atom stereocenters. The standard InChI is InChI=1S/C25H29F2N3O5S/c1-16-15-29(24(32)35-21-10-12-25(26,27)13-11-21)23-14-19(6-9-22(23)30(16)17(2)31)18-4-7-20(8-5-18)28-36(3,33)34/h4-9,14,16,21,28H,10-13,15H2,1-3H3/t16-/m0/s1. The Labute approximate surface area is 209 Å². The van der Waals surface area contributed by atoms with Crippen LogP contribution in [0.4, 0.5) is 30.6 Å². The summed E-state index contributed by atoms with van der Waals surface area (Å²) in [4.78, 5) is 28.7. The molecule has 36 heavy (non-hydrogen) atoms. The van der Waals surface area contributed by atoms with Gasteiger partial charge in [-0.2, -0.15) is 0 Å². The van der Waals surface area contributed by atoms with Crippen molar-refractivity contribution in [3.63, 3.8) is 0 Å². The lowest BCUT2D eigenvalue weighted by Crippen LogP contribution is -2.52. The number of nitrogens with one attached hydrogen (secondary N) is 1. The highest BCUT2D eigenvalue weighted by Gasteiger charge is 2.39. The monoisotopic (exact) mass is 521 g/mol. The van der Waals surface area contributed by atoms with E-state index in [0.717, 1.165) is 17.4 Å². The predicted molar refractivity (Wildman–Crippen MR) is 134 cm³/mol. The van der Waals surface area contributed by atoms with Crippen molar-refractivity contribution in [2.24, 2.45) is 0 Å². The number of hydrogen-bond acceptors (Lipinski definition) is 5. The maximum Gasteiger partial charge on any atom is 0.414 e. The van der Waals surface area contributed by atoms with Crippen LogP contribution >= 0.6 is 0 Å². The first kappa shape index (κ1) is 25.9. The summed E-state index contributed by atoms with van der Waals surface area (Å²) in [6.45, 7) is 3.47. The molecule has 4 rings (SSSR count). The normalized spacial score (nSPS) is 20.0. The maximum atomic E-state index is 13.5.